The first-order valence-electron chi connectivity index (χ1n) is 5.82. The summed E-state index contributed by atoms with van der Waals surface area (Å²) in [7, 11) is 0. The van der Waals surface area contributed by atoms with Crippen molar-refractivity contribution in [1.29, 1.82) is 0 Å². The third-order valence-electron chi connectivity index (χ3n) is 2.45. The molecule has 0 aromatic carbocycles. The normalized spacial score (nSPS) is 10.8. The maximum Gasteiger partial charge on any atom is 0.140 e. The fourth-order valence-electron chi connectivity index (χ4n) is 1.67. The molecular weight excluding hydrogens is 359 g/mol. The summed E-state index contributed by atoms with van der Waals surface area (Å²) in [6, 6.07) is 0. The molecule has 0 aliphatic carbocycles. The van der Waals surface area contributed by atoms with Gasteiger partial charge in [-0.15, -0.1) is 11.3 Å². The summed E-state index contributed by atoms with van der Waals surface area (Å²) >= 11 is 3.86. The highest BCUT2D eigenvalue weighted by Gasteiger charge is 2.11. The summed E-state index contributed by atoms with van der Waals surface area (Å²) in [5, 5.41) is 3.08. The van der Waals surface area contributed by atoms with Crippen LogP contribution < -0.4 is 5.73 Å². The Hall–Kier alpha value is -0.760. The van der Waals surface area contributed by atoms with Gasteiger partial charge in [0.1, 0.15) is 16.6 Å². The zero-order chi connectivity index (χ0) is 13.1. The third kappa shape index (κ3) is 3.17. The monoisotopic (exact) mass is 374 g/mol. The second kappa shape index (κ2) is 5.92. The van der Waals surface area contributed by atoms with Gasteiger partial charge in [0, 0.05) is 11.1 Å². The van der Waals surface area contributed by atoms with Crippen LogP contribution in [0.5, 0.6) is 0 Å². The van der Waals surface area contributed by atoms with Gasteiger partial charge in [-0.25, -0.2) is 15.0 Å². The molecule has 2 heterocycles. The fourth-order valence-corrected chi connectivity index (χ4v) is 2.95. The van der Waals surface area contributed by atoms with Gasteiger partial charge in [-0.3, -0.25) is 0 Å². The second-order valence-corrected chi connectivity index (χ2v) is 6.12. The highest BCUT2D eigenvalue weighted by Crippen LogP contribution is 2.20. The van der Waals surface area contributed by atoms with Crippen LogP contribution in [0.2, 0.25) is 0 Å². The molecule has 2 aromatic rings. The molecule has 0 spiro atoms. The van der Waals surface area contributed by atoms with E-state index in [2.05, 4.69) is 44.5 Å². The Balaban J connectivity index is 2.28. The molecular formula is C12H15IN4S. The van der Waals surface area contributed by atoms with E-state index in [0.29, 0.717) is 12.2 Å². The Kier molecular flexibility index (Phi) is 4.50. The molecule has 2 rings (SSSR count). The van der Waals surface area contributed by atoms with Crippen molar-refractivity contribution in [2.24, 2.45) is 0 Å². The van der Waals surface area contributed by atoms with Gasteiger partial charge in [0.2, 0.25) is 0 Å². The zero-order valence-electron chi connectivity index (χ0n) is 10.4. The van der Waals surface area contributed by atoms with Crippen LogP contribution in [-0.4, -0.2) is 15.0 Å². The number of nitrogen functional groups attached to an aromatic ring is 1. The molecule has 96 valence electrons. The average Bonchev–Trinajstić information content (AvgIpc) is 2.71. The lowest BCUT2D eigenvalue weighted by molar-refractivity contribution is 0.834. The molecule has 0 aliphatic heterocycles. The van der Waals surface area contributed by atoms with Crippen molar-refractivity contribution >= 4 is 39.7 Å². The Bertz CT molecular complexity index is 553. The molecule has 0 aliphatic rings. The molecule has 0 saturated carbocycles. The van der Waals surface area contributed by atoms with Gasteiger partial charge in [-0.1, -0.05) is 13.3 Å². The lowest BCUT2D eigenvalue weighted by Gasteiger charge is -2.07. The van der Waals surface area contributed by atoms with Crippen molar-refractivity contribution < 1.29 is 0 Å². The number of anilines is 1. The van der Waals surface area contributed by atoms with E-state index in [0.717, 1.165) is 38.6 Å². The quantitative estimate of drug-likeness (QED) is 0.836. The SMILES string of the molecule is CCCc1nc(Cc2nc(C)cs2)nc(N)c1I. The largest absolute Gasteiger partial charge is 0.383 e. The van der Waals surface area contributed by atoms with Gasteiger partial charge >= 0.3 is 0 Å². The molecule has 6 heteroatoms. The van der Waals surface area contributed by atoms with Crippen LogP contribution in [0.4, 0.5) is 5.82 Å². The van der Waals surface area contributed by atoms with E-state index in [4.69, 9.17) is 5.73 Å². The minimum atomic E-state index is 0.581. The first kappa shape index (κ1) is 13.7. The topological polar surface area (TPSA) is 64.7 Å². The minimum Gasteiger partial charge on any atom is -0.383 e. The fraction of sp³-hybridized carbons (Fsp3) is 0.417. The van der Waals surface area contributed by atoms with Crippen molar-refractivity contribution in [1.82, 2.24) is 15.0 Å². The molecule has 4 nitrogen and oxygen atoms in total. The highest BCUT2D eigenvalue weighted by atomic mass is 127. The van der Waals surface area contributed by atoms with Gasteiger partial charge < -0.3 is 5.73 Å². The van der Waals surface area contributed by atoms with Crippen LogP contribution in [0.15, 0.2) is 5.38 Å². The van der Waals surface area contributed by atoms with Crippen LogP contribution in [0.25, 0.3) is 0 Å². The van der Waals surface area contributed by atoms with E-state index in [-0.39, 0.29) is 0 Å². The van der Waals surface area contributed by atoms with Crippen molar-refractivity contribution in [2.45, 2.75) is 33.1 Å². The number of hydrogen-bond donors (Lipinski definition) is 1. The van der Waals surface area contributed by atoms with Crippen molar-refractivity contribution in [3.8, 4) is 0 Å². The Morgan fingerprint density at radius 2 is 2.11 bits per heavy atom. The van der Waals surface area contributed by atoms with Gasteiger partial charge in [-0.05, 0) is 35.9 Å². The molecule has 0 radical (unpaired) electrons. The predicted octanol–water partition coefficient (Wildman–Crippen LogP) is 2.97. The van der Waals surface area contributed by atoms with Gasteiger partial charge in [0.05, 0.1) is 15.7 Å². The number of rotatable bonds is 4. The van der Waals surface area contributed by atoms with Crippen LogP contribution in [0.3, 0.4) is 0 Å². The Morgan fingerprint density at radius 3 is 2.72 bits per heavy atom. The minimum absolute atomic E-state index is 0.581. The van der Waals surface area contributed by atoms with Crippen LogP contribution in [-0.2, 0) is 12.8 Å². The van der Waals surface area contributed by atoms with Crippen molar-refractivity contribution in [3.05, 3.63) is 31.2 Å². The van der Waals surface area contributed by atoms with Gasteiger partial charge in [-0.2, -0.15) is 0 Å². The van der Waals surface area contributed by atoms with Crippen LogP contribution in [0.1, 0.15) is 35.6 Å². The first-order valence-corrected chi connectivity index (χ1v) is 7.77. The molecule has 0 fully saturated rings. The number of nitrogens with two attached hydrogens (primary N) is 1. The summed E-state index contributed by atoms with van der Waals surface area (Å²) < 4.78 is 0.980. The number of nitrogens with zero attached hydrogens (tertiary/aromatic N) is 3. The molecule has 0 bridgehead atoms. The first-order chi connectivity index (χ1) is 8.60. The van der Waals surface area contributed by atoms with Crippen LogP contribution in [0, 0.1) is 10.5 Å². The number of aromatic nitrogens is 3. The lowest BCUT2D eigenvalue weighted by Crippen LogP contribution is -2.07. The van der Waals surface area contributed by atoms with E-state index in [1.807, 2.05) is 12.3 Å². The van der Waals surface area contributed by atoms with Gasteiger partial charge in [0.25, 0.3) is 0 Å². The third-order valence-corrected chi connectivity index (χ3v) is 4.60. The molecule has 18 heavy (non-hydrogen) atoms. The van der Waals surface area contributed by atoms with E-state index in [9.17, 15) is 0 Å². The van der Waals surface area contributed by atoms with Gasteiger partial charge in [0.15, 0.2) is 0 Å². The maximum absolute atomic E-state index is 5.93. The van der Waals surface area contributed by atoms with E-state index in [1.165, 1.54) is 0 Å². The second-order valence-electron chi connectivity index (χ2n) is 4.10. The standard InChI is InChI=1S/C12H15IN4S/c1-3-4-8-11(13)12(14)17-9(16-8)5-10-15-7(2)6-18-10/h6H,3-5H2,1-2H3,(H2,14,16,17). The predicted molar refractivity (Wildman–Crippen MR) is 82.8 cm³/mol. The molecule has 0 amide bonds. The lowest BCUT2D eigenvalue weighted by atomic mass is 10.2. The highest BCUT2D eigenvalue weighted by molar-refractivity contribution is 14.1. The summed E-state index contributed by atoms with van der Waals surface area (Å²) in [5.41, 5.74) is 8.03. The van der Waals surface area contributed by atoms with Crippen molar-refractivity contribution in [3.63, 3.8) is 0 Å². The zero-order valence-corrected chi connectivity index (χ0v) is 13.4. The Labute approximate surface area is 124 Å². The van der Waals surface area contributed by atoms with E-state index >= 15 is 0 Å². The average molecular weight is 374 g/mol. The molecule has 2 aromatic heterocycles. The smallest absolute Gasteiger partial charge is 0.140 e. The van der Waals surface area contributed by atoms with E-state index in [1.54, 1.807) is 11.3 Å². The summed E-state index contributed by atoms with van der Waals surface area (Å²) in [6.45, 7) is 4.13. The van der Waals surface area contributed by atoms with Crippen molar-refractivity contribution in [2.75, 3.05) is 5.73 Å². The van der Waals surface area contributed by atoms with Crippen LogP contribution >= 0.6 is 33.9 Å². The summed E-state index contributed by atoms with van der Waals surface area (Å²) in [5.74, 6) is 1.35. The molecule has 0 atom stereocenters. The maximum atomic E-state index is 5.93. The number of halogens is 1. The number of thiazole rings is 1. The number of aryl methyl sites for hydroxylation is 2. The molecule has 0 unspecified atom stereocenters. The van der Waals surface area contributed by atoms with E-state index < -0.39 is 0 Å². The molecule has 0 saturated heterocycles. The number of hydrogen-bond acceptors (Lipinski definition) is 5. The Morgan fingerprint density at radius 1 is 1.33 bits per heavy atom. The summed E-state index contributed by atoms with van der Waals surface area (Å²) in [6.07, 6.45) is 2.66. The molecule has 2 N–H and O–H groups in total. The summed E-state index contributed by atoms with van der Waals surface area (Å²) in [4.78, 5) is 13.4.